The molecule has 1 aromatic rings. The van der Waals surface area contributed by atoms with E-state index >= 15 is 0 Å². The summed E-state index contributed by atoms with van der Waals surface area (Å²) in [4.78, 5) is 16.3. The first-order chi connectivity index (χ1) is 9.70. The Morgan fingerprint density at radius 1 is 1.43 bits per heavy atom. The van der Waals surface area contributed by atoms with Crippen LogP contribution in [0.4, 0.5) is 0 Å². The van der Waals surface area contributed by atoms with Gasteiger partial charge in [-0.1, -0.05) is 6.07 Å². The quantitative estimate of drug-likeness (QED) is 0.899. The van der Waals surface area contributed by atoms with Crippen molar-refractivity contribution in [2.75, 3.05) is 0 Å². The normalized spacial score (nSPS) is 28.5. The number of nitrogens with one attached hydrogen (secondary N) is 2. The maximum absolute atomic E-state index is 12.2. The molecule has 0 radical (unpaired) electrons. The van der Waals surface area contributed by atoms with Gasteiger partial charge in [-0.15, -0.1) is 12.4 Å². The molecule has 3 rings (SSSR count). The predicted molar refractivity (Wildman–Crippen MR) is 85.3 cm³/mol. The minimum absolute atomic E-state index is 0. The van der Waals surface area contributed by atoms with E-state index in [4.69, 9.17) is 0 Å². The number of piperidine rings is 1. The van der Waals surface area contributed by atoms with Crippen molar-refractivity contribution in [3.8, 4) is 0 Å². The van der Waals surface area contributed by atoms with Gasteiger partial charge in [0.1, 0.15) is 0 Å². The smallest absolute Gasteiger partial charge is 0.220 e. The van der Waals surface area contributed by atoms with Crippen molar-refractivity contribution in [2.45, 2.75) is 57.2 Å². The van der Waals surface area contributed by atoms with Crippen molar-refractivity contribution >= 4 is 18.3 Å². The molecule has 0 saturated carbocycles. The minimum atomic E-state index is 0. The van der Waals surface area contributed by atoms with E-state index in [1.807, 2.05) is 25.3 Å². The standard InChI is InChI=1S/C16H23N3O.ClH/c1-11(13-3-2-6-17-10-13)18-16(20)9-12-7-14-4-5-15(8-12)19-14;/h2-3,6,10-12,14-15,19H,4-5,7-9H2,1H3,(H,18,20);1H. The van der Waals surface area contributed by atoms with E-state index in [1.54, 1.807) is 6.20 Å². The van der Waals surface area contributed by atoms with Gasteiger partial charge in [0.05, 0.1) is 6.04 Å². The van der Waals surface area contributed by atoms with E-state index in [2.05, 4.69) is 15.6 Å². The molecule has 3 atom stereocenters. The number of aromatic nitrogens is 1. The lowest BCUT2D eigenvalue weighted by atomic mass is 9.89. The second-order valence-electron chi connectivity index (χ2n) is 6.25. The van der Waals surface area contributed by atoms with E-state index in [0.717, 1.165) is 18.4 Å². The molecule has 4 nitrogen and oxygen atoms in total. The van der Waals surface area contributed by atoms with Crippen LogP contribution in [0, 0.1) is 5.92 Å². The van der Waals surface area contributed by atoms with Crippen LogP contribution < -0.4 is 10.6 Å². The highest BCUT2D eigenvalue weighted by Crippen LogP contribution is 2.32. The van der Waals surface area contributed by atoms with Crippen LogP contribution in [0.25, 0.3) is 0 Å². The zero-order valence-corrected chi connectivity index (χ0v) is 13.2. The van der Waals surface area contributed by atoms with E-state index in [9.17, 15) is 4.79 Å². The Kier molecular flexibility index (Phi) is 5.59. The lowest BCUT2D eigenvalue weighted by Crippen LogP contribution is -2.40. The third kappa shape index (κ3) is 4.17. The highest BCUT2D eigenvalue weighted by Gasteiger charge is 2.34. The average molecular weight is 310 g/mol. The third-order valence-electron chi connectivity index (χ3n) is 4.61. The van der Waals surface area contributed by atoms with Crippen LogP contribution in [0.5, 0.6) is 0 Å². The summed E-state index contributed by atoms with van der Waals surface area (Å²) in [6, 6.07) is 5.25. The van der Waals surface area contributed by atoms with Gasteiger partial charge in [0.15, 0.2) is 0 Å². The van der Waals surface area contributed by atoms with E-state index in [0.29, 0.717) is 24.4 Å². The number of carbonyl (C=O) groups is 1. The van der Waals surface area contributed by atoms with Crippen LogP contribution in [0.2, 0.25) is 0 Å². The molecule has 2 fully saturated rings. The highest BCUT2D eigenvalue weighted by molar-refractivity contribution is 5.85. The second kappa shape index (κ2) is 7.23. The summed E-state index contributed by atoms with van der Waals surface area (Å²) in [6.45, 7) is 2.01. The van der Waals surface area contributed by atoms with Gasteiger partial charge in [-0.3, -0.25) is 9.78 Å². The van der Waals surface area contributed by atoms with Crippen LogP contribution in [-0.4, -0.2) is 23.0 Å². The van der Waals surface area contributed by atoms with Crippen molar-refractivity contribution in [3.05, 3.63) is 30.1 Å². The molecule has 3 unspecified atom stereocenters. The monoisotopic (exact) mass is 309 g/mol. The van der Waals surface area contributed by atoms with Crippen molar-refractivity contribution in [3.63, 3.8) is 0 Å². The van der Waals surface area contributed by atoms with Gasteiger partial charge < -0.3 is 10.6 Å². The summed E-state index contributed by atoms with van der Waals surface area (Å²) >= 11 is 0. The fraction of sp³-hybridized carbons (Fsp3) is 0.625. The molecule has 0 aliphatic carbocycles. The maximum atomic E-state index is 12.2. The summed E-state index contributed by atoms with van der Waals surface area (Å²) < 4.78 is 0. The Bertz CT molecular complexity index is 456. The van der Waals surface area contributed by atoms with Gasteiger partial charge in [0, 0.05) is 30.9 Å². The molecule has 0 spiro atoms. The molecular formula is C16H24ClN3O. The molecule has 0 aromatic carbocycles. The second-order valence-corrected chi connectivity index (χ2v) is 6.25. The molecule has 2 saturated heterocycles. The summed E-state index contributed by atoms with van der Waals surface area (Å²) in [7, 11) is 0. The van der Waals surface area contributed by atoms with Crippen LogP contribution in [0.15, 0.2) is 24.5 Å². The molecule has 2 N–H and O–H groups in total. The summed E-state index contributed by atoms with van der Waals surface area (Å²) in [5.74, 6) is 0.725. The maximum Gasteiger partial charge on any atom is 0.220 e. The zero-order chi connectivity index (χ0) is 13.9. The molecule has 1 amide bonds. The van der Waals surface area contributed by atoms with Gasteiger partial charge in [-0.25, -0.2) is 0 Å². The minimum Gasteiger partial charge on any atom is -0.350 e. The topological polar surface area (TPSA) is 54.0 Å². The largest absolute Gasteiger partial charge is 0.350 e. The van der Waals surface area contributed by atoms with E-state index < -0.39 is 0 Å². The van der Waals surface area contributed by atoms with Gasteiger partial charge in [0.2, 0.25) is 5.91 Å². The number of nitrogens with zero attached hydrogens (tertiary/aromatic N) is 1. The number of amides is 1. The molecule has 21 heavy (non-hydrogen) atoms. The number of hydrogen-bond acceptors (Lipinski definition) is 3. The average Bonchev–Trinajstić information content (AvgIpc) is 2.78. The van der Waals surface area contributed by atoms with Crippen LogP contribution in [-0.2, 0) is 4.79 Å². The first kappa shape index (κ1) is 16.2. The number of halogens is 1. The van der Waals surface area contributed by atoms with Crippen molar-refractivity contribution in [2.24, 2.45) is 5.92 Å². The van der Waals surface area contributed by atoms with Crippen molar-refractivity contribution < 1.29 is 4.79 Å². The summed E-state index contributed by atoms with van der Waals surface area (Å²) in [5.41, 5.74) is 1.06. The molecule has 116 valence electrons. The van der Waals surface area contributed by atoms with Gasteiger partial charge in [0.25, 0.3) is 0 Å². The molecule has 1 aromatic heterocycles. The van der Waals surface area contributed by atoms with E-state index in [1.165, 1.54) is 12.8 Å². The number of rotatable bonds is 4. The molecule has 3 heterocycles. The Balaban J connectivity index is 0.00000161. The summed E-state index contributed by atoms with van der Waals surface area (Å²) in [5, 5.41) is 6.71. The fourth-order valence-electron chi connectivity index (χ4n) is 3.62. The predicted octanol–water partition coefficient (Wildman–Crippen LogP) is 2.60. The van der Waals surface area contributed by atoms with E-state index in [-0.39, 0.29) is 24.4 Å². The van der Waals surface area contributed by atoms with Gasteiger partial charge in [-0.05, 0) is 50.2 Å². The summed E-state index contributed by atoms with van der Waals surface area (Å²) in [6.07, 6.45) is 9.12. The molecule has 2 aliphatic heterocycles. The Labute approximate surface area is 132 Å². The zero-order valence-electron chi connectivity index (χ0n) is 12.4. The fourth-order valence-corrected chi connectivity index (χ4v) is 3.62. The number of pyridine rings is 1. The van der Waals surface area contributed by atoms with Crippen LogP contribution in [0.1, 0.15) is 50.6 Å². The Hall–Kier alpha value is -1.13. The lowest BCUT2D eigenvalue weighted by molar-refractivity contribution is -0.122. The third-order valence-corrected chi connectivity index (χ3v) is 4.61. The van der Waals surface area contributed by atoms with Crippen molar-refractivity contribution in [1.29, 1.82) is 0 Å². The van der Waals surface area contributed by atoms with Gasteiger partial charge >= 0.3 is 0 Å². The SMILES string of the molecule is CC(NC(=O)CC1CC2CCC(C1)N2)c1cccnc1.Cl. The Morgan fingerprint density at radius 2 is 2.14 bits per heavy atom. The van der Waals surface area contributed by atoms with Gasteiger partial charge in [-0.2, -0.15) is 0 Å². The first-order valence-corrected chi connectivity index (χ1v) is 7.66. The first-order valence-electron chi connectivity index (χ1n) is 7.66. The lowest BCUT2D eigenvalue weighted by Gasteiger charge is -2.29. The molecule has 5 heteroatoms. The molecule has 2 aliphatic rings. The van der Waals surface area contributed by atoms with Crippen molar-refractivity contribution in [1.82, 2.24) is 15.6 Å². The Morgan fingerprint density at radius 3 is 2.76 bits per heavy atom. The number of hydrogen-bond donors (Lipinski definition) is 2. The van der Waals surface area contributed by atoms with Crippen LogP contribution in [0.3, 0.4) is 0 Å². The number of carbonyl (C=O) groups excluding carboxylic acids is 1. The molecule has 2 bridgehead atoms. The molecular weight excluding hydrogens is 286 g/mol. The van der Waals surface area contributed by atoms with Crippen LogP contribution >= 0.6 is 12.4 Å². The number of fused-ring (bicyclic) bond motifs is 2. The highest BCUT2D eigenvalue weighted by atomic mass is 35.5.